The number of carbonyl (C=O) groups excluding carboxylic acids is 1. The summed E-state index contributed by atoms with van der Waals surface area (Å²) < 4.78 is 0. The number of amides is 1. The van der Waals surface area contributed by atoms with Crippen molar-refractivity contribution in [1.29, 1.82) is 0 Å². The van der Waals surface area contributed by atoms with Crippen molar-refractivity contribution in [1.82, 2.24) is 0 Å². The molecule has 1 atom stereocenters. The summed E-state index contributed by atoms with van der Waals surface area (Å²) in [6.45, 7) is 1.67. The molecule has 0 bridgehead atoms. The molecule has 2 rings (SSSR count). The molecule has 0 aliphatic rings. The Morgan fingerprint density at radius 2 is 1.85 bits per heavy atom. The lowest BCUT2D eigenvalue weighted by molar-refractivity contribution is -0.115. The molecule has 0 aromatic heterocycles. The maximum absolute atomic E-state index is 12.0. The molecule has 1 amide bonds. The highest BCUT2D eigenvalue weighted by atomic mass is 35.5. The van der Waals surface area contributed by atoms with E-state index in [1.807, 2.05) is 24.3 Å². The quantitative estimate of drug-likeness (QED) is 0.904. The second-order valence-electron chi connectivity index (χ2n) is 4.61. The van der Waals surface area contributed by atoms with E-state index in [0.29, 0.717) is 16.3 Å². The number of aliphatic hydroxyl groups is 1. The fraction of sp³-hybridized carbons (Fsp3) is 0.188. The fourth-order valence-corrected chi connectivity index (χ4v) is 2.08. The summed E-state index contributed by atoms with van der Waals surface area (Å²) in [5.74, 6) is -0.125. The number of anilines is 1. The van der Waals surface area contributed by atoms with Gasteiger partial charge in [0.05, 0.1) is 12.5 Å². The number of hydrogen-bond acceptors (Lipinski definition) is 2. The van der Waals surface area contributed by atoms with E-state index >= 15 is 0 Å². The summed E-state index contributed by atoms with van der Waals surface area (Å²) >= 11 is 5.81. The number of nitrogens with one attached hydrogen (secondary N) is 1. The second kappa shape index (κ2) is 6.55. The van der Waals surface area contributed by atoms with E-state index in [1.165, 1.54) is 0 Å². The molecular weight excluding hydrogens is 274 g/mol. The van der Waals surface area contributed by atoms with Crippen LogP contribution in [0, 0.1) is 0 Å². The van der Waals surface area contributed by atoms with Gasteiger partial charge in [-0.3, -0.25) is 4.79 Å². The molecule has 0 saturated carbocycles. The lowest BCUT2D eigenvalue weighted by Crippen LogP contribution is -2.16. The first-order valence-corrected chi connectivity index (χ1v) is 6.75. The first-order valence-electron chi connectivity index (χ1n) is 6.37. The topological polar surface area (TPSA) is 49.3 Å². The smallest absolute Gasteiger partial charge is 0.228 e. The summed E-state index contributed by atoms with van der Waals surface area (Å²) in [7, 11) is 0. The van der Waals surface area contributed by atoms with Gasteiger partial charge >= 0.3 is 0 Å². The van der Waals surface area contributed by atoms with Crippen LogP contribution in [0.25, 0.3) is 0 Å². The zero-order valence-electron chi connectivity index (χ0n) is 11.1. The van der Waals surface area contributed by atoms with Gasteiger partial charge in [-0.15, -0.1) is 0 Å². The number of para-hydroxylation sites is 1. The van der Waals surface area contributed by atoms with Crippen LogP contribution in [0.5, 0.6) is 0 Å². The van der Waals surface area contributed by atoms with Gasteiger partial charge in [-0.1, -0.05) is 41.9 Å². The molecule has 0 aliphatic heterocycles. The Balaban J connectivity index is 2.07. The minimum Gasteiger partial charge on any atom is -0.389 e. The van der Waals surface area contributed by atoms with Gasteiger partial charge in [0.2, 0.25) is 5.91 Å². The van der Waals surface area contributed by atoms with Crippen LogP contribution in [0.1, 0.15) is 24.2 Å². The summed E-state index contributed by atoms with van der Waals surface area (Å²) in [4.78, 5) is 12.0. The molecule has 20 heavy (non-hydrogen) atoms. The van der Waals surface area contributed by atoms with Crippen LogP contribution in [0.2, 0.25) is 5.02 Å². The molecule has 0 aliphatic carbocycles. The molecule has 104 valence electrons. The number of benzene rings is 2. The van der Waals surface area contributed by atoms with E-state index in [0.717, 1.165) is 5.56 Å². The molecule has 0 heterocycles. The van der Waals surface area contributed by atoms with E-state index in [1.54, 1.807) is 31.2 Å². The van der Waals surface area contributed by atoms with E-state index in [4.69, 9.17) is 11.6 Å². The summed E-state index contributed by atoms with van der Waals surface area (Å²) in [5.41, 5.74) is 2.24. The Labute approximate surface area is 123 Å². The summed E-state index contributed by atoms with van der Waals surface area (Å²) in [6, 6.07) is 14.4. The molecule has 2 aromatic carbocycles. The van der Waals surface area contributed by atoms with Crippen LogP contribution in [0.3, 0.4) is 0 Å². The summed E-state index contributed by atoms with van der Waals surface area (Å²) in [6.07, 6.45) is -0.354. The fourth-order valence-electron chi connectivity index (χ4n) is 1.96. The van der Waals surface area contributed by atoms with Crippen molar-refractivity contribution in [2.45, 2.75) is 19.4 Å². The molecule has 0 spiro atoms. The number of carbonyl (C=O) groups is 1. The van der Waals surface area contributed by atoms with Gasteiger partial charge in [0.15, 0.2) is 0 Å². The molecule has 0 saturated heterocycles. The number of halogens is 1. The lowest BCUT2D eigenvalue weighted by atomic mass is 10.1. The Morgan fingerprint density at radius 3 is 2.50 bits per heavy atom. The second-order valence-corrected chi connectivity index (χ2v) is 5.05. The van der Waals surface area contributed by atoms with Gasteiger partial charge in [0, 0.05) is 16.3 Å². The first-order chi connectivity index (χ1) is 9.56. The maximum Gasteiger partial charge on any atom is 0.228 e. The van der Waals surface area contributed by atoms with Crippen LogP contribution < -0.4 is 5.32 Å². The van der Waals surface area contributed by atoms with Gasteiger partial charge in [-0.25, -0.2) is 0 Å². The highest BCUT2D eigenvalue weighted by Gasteiger charge is 2.10. The molecule has 4 heteroatoms. The van der Waals surface area contributed by atoms with E-state index in [-0.39, 0.29) is 12.3 Å². The van der Waals surface area contributed by atoms with Crippen LogP contribution in [0.15, 0.2) is 48.5 Å². The predicted octanol–water partition coefficient (Wildman–Crippen LogP) is 3.57. The zero-order valence-corrected chi connectivity index (χ0v) is 11.9. The first kappa shape index (κ1) is 14.6. The minimum absolute atomic E-state index is 0.125. The molecule has 3 nitrogen and oxygen atoms in total. The molecule has 1 unspecified atom stereocenters. The van der Waals surface area contributed by atoms with Crippen LogP contribution in [-0.2, 0) is 11.2 Å². The molecule has 2 aromatic rings. The van der Waals surface area contributed by atoms with E-state index in [9.17, 15) is 9.90 Å². The zero-order chi connectivity index (χ0) is 14.5. The number of rotatable bonds is 4. The third-order valence-electron chi connectivity index (χ3n) is 2.96. The monoisotopic (exact) mass is 289 g/mol. The van der Waals surface area contributed by atoms with Gasteiger partial charge in [0.1, 0.15) is 0 Å². The van der Waals surface area contributed by atoms with Crippen LogP contribution in [0.4, 0.5) is 5.69 Å². The predicted molar refractivity (Wildman–Crippen MR) is 80.9 cm³/mol. The van der Waals surface area contributed by atoms with Crippen molar-refractivity contribution in [2.75, 3.05) is 5.32 Å². The largest absolute Gasteiger partial charge is 0.389 e. The van der Waals surface area contributed by atoms with Crippen LogP contribution in [-0.4, -0.2) is 11.0 Å². The maximum atomic E-state index is 12.0. The highest BCUT2D eigenvalue weighted by molar-refractivity contribution is 6.30. The number of hydrogen-bond donors (Lipinski definition) is 2. The number of aliphatic hydroxyl groups excluding tert-OH is 1. The van der Waals surface area contributed by atoms with Crippen molar-refractivity contribution >= 4 is 23.2 Å². The highest BCUT2D eigenvalue weighted by Crippen LogP contribution is 2.22. The standard InChI is InChI=1S/C16H16ClNO2/c1-11(19)14-4-2-3-5-15(14)18-16(20)10-12-6-8-13(17)9-7-12/h2-9,11,19H,10H2,1H3,(H,18,20). The third-order valence-corrected chi connectivity index (χ3v) is 3.21. The van der Waals surface area contributed by atoms with Crippen molar-refractivity contribution in [3.05, 3.63) is 64.7 Å². The molecule has 0 fully saturated rings. The Morgan fingerprint density at radius 1 is 1.20 bits per heavy atom. The molecule has 0 radical (unpaired) electrons. The third kappa shape index (κ3) is 3.83. The van der Waals surface area contributed by atoms with Gasteiger partial charge < -0.3 is 10.4 Å². The van der Waals surface area contributed by atoms with E-state index < -0.39 is 6.10 Å². The van der Waals surface area contributed by atoms with Crippen molar-refractivity contribution in [3.63, 3.8) is 0 Å². The Kier molecular flexibility index (Phi) is 4.77. The van der Waals surface area contributed by atoms with Crippen molar-refractivity contribution in [2.24, 2.45) is 0 Å². The van der Waals surface area contributed by atoms with Gasteiger partial charge in [0.25, 0.3) is 0 Å². The van der Waals surface area contributed by atoms with Gasteiger partial charge in [-0.05, 0) is 30.7 Å². The Bertz CT molecular complexity index is 594. The van der Waals surface area contributed by atoms with Crippen molar-refractivity contribution < 1.29 is 9.90 Å². The molecular formula is C16H16ClNO2. The average molecular weight is 290 g/mol. The van der Waals surface area contributed by atoms with Crippen molar-refractivity contribution in [3.8, 4) is 0 Å². The van der Waals surface area contributed by atoms with E-state index in [2.05, 4.69) is 5.32 Å². The lowest BCUT2D eigenvalue weighted by Gasteiger charge is -2.13. The molecule has 2 N–H and O–H groups in total. The van der Waals surface area contributed by atoms with Crippen LogP contribution >= 0.6 is 11.6 Å². The minimum atomic E-state index is -0.623. The normalized spacial score (nSPS) is 11.9. The SMILES string of the molecule is CC(O)c1ccccc1NC(=O)Cc1ccc(Cl)cc1. The Hall–Kier alpha value is -1.84. The van der Waals surface area contributed by atoms with Gasteiger partial charge in [-0.2, -0.15) is 0 Å². The summed E-state index contributed by atoms with van der Waals surface area (Å²) in [5, 5.41) is 13.1. The average Bonchev–Trinajstić information content (AvgIpc) is 2.41.